The predicted molar refractivity (Wildman–Crippen MR) is 61.2 cm³/mol. The molecule has 0 amide bonds. The van der Waals surface area contributed by atoms with Gasteiger partial charge in [-0.15, -0.1) is 0 Å². The van der Waals surface area contributed by atoms with Gasteiger partial charge >= 0.3 is 0 Å². The van der Waals surface area contributed by atoms with Crippen LogP contribution in [0.3, 0.4) is 0 Å². The van der Waals surface area contributed by atoms with Crippen LogP contribution in [0.2, 0.25) is 0 Å². The third-order valence-electron chi connectivity index (χ3n) is 2.05. The Labute approximate surface area is 99.8 Å². The lowest BCUT2D eigenvalue weighted by Gasteiger charge is -2.12. The number of hydrogen-bond acceptors (Lipinski definition) is 4. The summed E-state index contributed by atoms with van der Waals surface area (Å²) in [5.74, 6) is 0.443. The van der Waals surface area contributed by atoms with Gasteiger partial charge in [-0.1, -0.05) is 30.3 Å². The minimum absolute atomic E-state index is 0.245. The van der Waals surface area contributed by atoms with Crippen LogP contribution >= 0.6 is 0 Å². The molecule has 1 atom stereocenters. The van der Waals surface area contributed by atoms with Gasteiger partial charge in [-0.2, -0.15) is 16.8 Å². The SMILES string of the molecule is O=S(=O)(O)[CH]CC(c1ccccc1)S(=O)(=O)O. The zero-order valence-electron chi connectivity index (χ0n) is 8.59. The van der Waals surface area contributed by atoms with Crippen molar-refractivity contribution in [2.45, 2.75) is 11.7 Å². The first-order valence-electron chi connectivity index (χ1n) is 4.52. The van der Waals surface area contributed by atoms with Crippen molar-refractivity contribution in [2.24, 2.45) is 0 Å². The van der Waals surface area contributed by atoms with Crippen LogP contribution in [0.4, 0.5) is 0 Å². The maximum absolute atomic E-state index is 11.1. The number of hydrogen-bond donors (Lipinski definition) is 2. The summed E-state index contributed by atoms with van der Waals surface area (Å²) < 4.78 is 60.8. The Bertz CT molecular complexity index is 561. The highest BCUT2D eigenvalue weighted by Gasteiger charge is 2.26. The molecule has 1 aromatic rings. The summed E-state index contributed by atoms with van der Waals surface area (Å²) in [4.78, 5) is 0. The molecule has 1 unspecified atom stereocenters. The molecule has 2 N–H and O–H groups in total. The summed E-state index contributed by atoms with van der Waals surface area (Å²) >= 11 is 0. The molecule has 0 fully saturated rings. The summed E-state index contributed by atoms with van der Waals surface area (Å²) in [5, 5.41) is -1.41. The molecule has 1 aromatic carbocycles. The van der Waals surface area contributed by atoms with Crippen molar-refractivity contribution in [3.8, 4) is 0 Å². The molecular formula is C9H11O6S2. The van der Waals surface area contributed by atoms with E-state index in [1.807, 2.05) is 0 Å². The average molecular weight is 279 g/mol. The van der Waals surface area contributed by atoms with Crippen LogP contribution < -0.4 is 0 Å². The van der Waals surface area contributed by atoms with Crippen LogP contribution in [0.5, 0.6) is 0 Å². The van der Waals surface area contributed by atoms with E-state index >= 15 is 0 Å². The maximum Gasteiger partial charge on any atom is 0.272 e. The Kier molecular flexibility index (Phi) is 4.26. The van der Waals surface area contributed by atoms with Crippen LogP contribution in [-0.2, 0) is 20.2 Å². The van der Waals surface area contributed by atoms with Gasteiger partial charge in [0.1, 0.15) is 11.0 Å². The Balaban J connectivity index is 2.99. The van der Waals surface area contributed by atoms with Gasteiger partial charge in [0, 0.05) is 0 Å². The molecule has 1 rings (SSSR count). The first-order valence-corrected chi connectivity index (χ1v) is 7.53. The molecule has 95 valence electrons. The van der Waals surface area contributed by atoms with Gasteiger partial charge in [0.15, 0.2) is 0 Å². The first kappa shape index (κ1) is 14.1. The summed E-state index contributed by atoms with van der Waals surface area (Å²) in [6.45, 7) is 0. The lowest BCUT2D eigenvalue weighted by atomic mass is 10.1. The van der Waals surface area contributed by atoms with E-state index in [-0.39, 0.29) is 5.56 Å². The van der Waals surface area contributed by atoms with Crippen molar-refractivity contribution in [2.75, 3.05) is 0 Å². The van der Waals surface area contributed by atoms with E-state index in [0.717, 1.165) is 0 Å². The van der Waals surface area contributed by atoms with E-state index in [1.54, 1.807) is 18.2 Å². The van der Waals surface area contributed by atoms with Crippen molar-refractivity contribution in [3.63, 3.8) is 0 Å². The minimum atomic E-state index is -4.45. The Hall–Kier alpha value is -0.960. The van der Waals surface area contributed by atoms with E-state index in [1.165, 1.54) is 12.1 Å². The molecule has 0 spiro atoms. The molecule has 6 nitrogen and oxygen atoms in total. The molecular weight excluding hydrogens is 268 g/mol. The highest BCUT2D eigenvalue weighted by molar-refractivity contribution is 7.88. The minimum Gasteiger partial charge on any atom is -0.285 e. The molecule has 1 radical (unpaired) electrons. The topological polar surface area (TPSA) is 109 Å². The monoisotopic (exact) mass is 279 g/mol. The van der Waals surface area contributed by atoms with Crippen LogP contribution in [0.1, 0.15) is 17.2 Å². The van der Waals surface area contributed by atoms with Crippen molar-refractivity contribution in [3.05, 3.63) is 41.6 Å². The Morgan fingerprint density at radius 2 is 1.59 bits per heavy atom. The van der Waals surface area contributed by atoms with E-state index < -0.39 is 31.9 Å². The van der Waals surface area contributed by atoms with Crippen LogP contribution in [-0.4, -0.2) is 25.9 Å². The fourth-order valence-electron chi connectivity index (χ4n) is 1.31. The summed E-state index contributed by atoms with van der Waals surface area (Å²) in [6.07, 6.45) is -0.526. The fourth-order valence-corrected chi connectivity index (χ4v) is 2.70. The molecule has 17 heavy (non-hydrogen) atoms. The second-order valence-electron chi connectivity index (χ2n) is 3.33. The molecule has 0 aliphatic heterocycles. The van der Waals surface area contributed by atoms with Crippen molar-refractivity contribution < 1.29 is 25.9 Å². The largest absolute Gasteiger partial charge is 0.285 e. The van der Waals surface area contributed by atoms with Gasteiger partial charge in [0.05, 0.1) is 0 Å². The van der Waals surface area contributed by atoms with Crippen molar-refractivity contribution in [1.29, 1.82) is 0 Å². The smallest absolute Gasteiger partial charge is 0.272 e. The number of benzene rings is 1. The van der Waals surface area contributed by atoms with Crippen LogP contribution in [0.15, 0.2) is 30.3 Å². The third-order valence-corrected chi connectivity index (χ3v) is 3.85. The van der Waals surface area contributed by atoms with Gasteiger partial charge < -0.3 is 0 Å². The average Bonchev–Trinajstić information content (AvgIpc) is 2.15. The second kappa shape index (κ2) is 5.13. The van der Waals surface area contributed by atoms with Gasteiger partial charge in [-0.3, -0.25) is 9.11 Å². The van der Waals surface area contributed by atoms with Gasteiger partial charge in [0.2, 0.25) is 0 Å². The van der Waals surface area contributed by atoms with Crippen molar-refractivity contribution >= 4 is 20.2 Å². The van der Waals surface area contributed by atoms with E-state index in [2.05, 4.69) is 0 Å². The first-order chi connectivity index (χ1) is 7.70. The van der Waals surface area contributed by atoms with Gasteiger partial charge in [-0.25, -0.2) is 0 Å². The molecule has 8 heteroatoms. The predicted octanol–water partition coefficient (Wildman–Crippen LogP) is 1.06. The molecule has 0 heterocycles. The Morgan fingerprint density at radius 3 is 2.00 bits per heavy atom. The van der Waals surface area contributed by atoms with Crippen molar-refractivity contribution in [1.82, 2.24) is 0 Å². The third kappa shape index (κ3) is 4.82. The molecule has 0 bridgehead atoms. The Morgan fingerprint density at radius 1 is 1.06 bits per heavy atom. The molecule has 0 saturated heterocycles. The second-order valence-corrected chi connectivity index (χ2v) is 6.29. The highest BCUT2D eigenvalue weighted by Crippen LogP contribution is 2.26. The van der Waals surface area contributed by atoms with Crippen LogP contribution in [0, 0.1) is 5.75 Å². The molecule has 0 aliphatic carbocycles. The highest BCUT2D eigenvalue weighted by atomic mass is 32.2. The standard InChI is InChI=1S/C9H11O6S2/c10-16(11,12)7-6-9(17(13,14)15)8-4-2-1-3-5-8/h1-5,7,9H,6H2,(H,10,11,12)(H,13,14,15). The van der Waals surface area contributed by atoms with Crippen LogP contribution in [0.25, 0.3) is 0 Å². The molecule has 0 aliphatic rings. The summed E-state index contributed by atoms with van der Waals surface area (Å²) in [5.41, 5.74) is 0.245. The zero-order valence-corrected chi connectivity index (χ0v) is 10.2. The fraction of sp³-hybridized carbons (Fsp3) is 0.222. The lowest BCUT2D eigenvalue weighted by Crippen LogP contribution is -2.14. The molecule has 0 saturated carbocycles. The lowest BCUT2D eigenvalue weighted by molar-refractivity contribution is 0.466. The van der Waals surface area contributed by atoms with E-state index in [9.17, 15) is 16.8 Å². The van der Waals surface area contributed by atoms with E-state index in [4.69, 9.17) is 9.11 Å². The summed E-state index contributed by atoms with van der Waals surface area (Å²) in [7, 11) is -8.84. The van der Waals surface area contributed by atoms with Gasteiger partial charge in [-0.05, 0) is 12.0 Å². The normalized spacial score (nSPS) is 14.5. The number of rotatable bonds is 5. The zero-order chi connectivity index (χ0) is 13.1. The quantitative estimate of drug-likeness (QED) is 0.780. The summed E-state index contributed by atoms with van der Waals surface area (Å²) in [6, 6.07) is 7.64. The maximum atomic E-state index is 11.1. The molecule has 0 aromatic heterocycles. The van der Waals surface area contributed by atoms with Gasteiger partial charge in [0.25, 0.3) is 20.2 Å². The van der Waals surface area contributed by atoms with E-state index in [0.29, 0.717) is 5.75 Å².